The van der Waals surface area contributed by atoms with E-state index in [1.165, 1.54) is 11.1 Å². The van der Waals surface area contributed by atoms with Crippen molar-refractivity contribution in [2.24, 2.45) is 0 Å². The van der Waals surface area contributed by atoms with E-state index < -0.39 is 0 Å². The molecule has 0 saturated carbocycles. The van der Waals surface area contributed by atoms with Crippen LogP contribution in [0.1, 0.15) is 6.42 Å². The molecule has 0 bridgehead atoms. The van der Waals surface area contributed by atoms with Gasteiger partial charge in [0.1, 0.15) is 0 Å². The van der Waals surface area contributed by atoms with Crippen LogP contribution in [0.3, 0.4) is 0 Å². The molecule has 0 radical (unpaired) electrons. The number of benzene rings is 2. The molecule has 2 aromatic carbocycles. The molecule has 2 heteroatoms. The number of anilines is 1. The van der Waals surface area contributed by atoms with Crippen molar-refractivity contribution in [3.63, 3.8) is 0 Å². The third-order valence-corrected chi connectivity index (χ3v) is 2.66. The summed E-state index contributed by atoms with van der Waals surface area (Å²) in [5.74, 6) is 0. The van der Waals surface area contributed by atoms with Crippen LogP contribution in [0.4, 0.5) is 5.69 Å². The van der Waals surface area contributed by atoms with Gasteiger partial charge in [-0.2, -0.15) is 0 Å². The van der Waals surface area contributed by atoms with Gasteiger partial charge in [0.25, 0.3) is 0 Å². The van der Waals surface area contributed by atoms with E-state index >= 15 is 0 Å². The van der Waals surface area contributed by atoms with Crippen LogP contribution in [0.2, 0.25) is 0 Å². The standard InChI is InChI=1S/C15H17NO/c17-12-4-11-16-15-9-7-14(8-10-15)13-5-2-1-3-6-13/h1-3,5-10,16-17H,4,11-12H2. The Morgan fingerprint density at radius 3 is 2.12 bits per heavy atom. The van der Waals surface area contributed by atoms with Gasteiger partial charge in [-0.3, -0.25) is 0 Å². The monoisotopic (exact) mass is 227 g/mol. The Bertz CT molecular complexity index is 436. The molecular formula is C15H17NO. The van der Waals surface area contributed by atoms with E-state index in [9.17, 15) is 0 Å². The van der Waals surface area contributed by atoms with E-state index in [2.05, 4.69) is 41.7 Å². The average Bonchev–Trinajstić information content (AvgIpc) is 2.41. The molecule has 17 heavy (non-hydrogen) atoms. The van der Waals surface area contributed by atoms with Crippen LogP contribution in [-0.2, 0) is 0 Å². The van der Waals surface area contributed by atoms with Crippen molar-refractivity contribution in [1.82, 2.24) is 0 Å². The highest BCUT2D eigenvalue weighted by Gasteiger charge is 1.96. The third-order valence-electron chi connectivity index (χ3n) is 2.66. The smallest absolute Gasteiger partial charge is 0.0447 e. The normalized spacial score (nSPS) is 10.2. The topological polar surface area (TPSA) is 32.3 Å². The highest BCUT2D eigenvalue weighted by molar-refractivity contribution is 5.65. The van der Waals surface area contributed by atoms with Gasteiger partial charge in [-0.25, -0.2) is 0 Å². The van der Waals surface area contributed by atoms with Crippen LogP contribution in [-0.4, -0.2) is 18.3 Å². The predicted molar refractivity (Wildman–Crippen MR) is 72.1 cm³/mol. The maximum atomic E-state index is 8.70. The Hall–Kier alpha value is -1.80. The first kappa shape index (κ1) is 11.7. The van der Waals surface area contributed by atoms with Crippen molar-refractivity contribution in [2.75, 3.05) is 18.5 Å². The molecule has 2 N–H and O–H groups in total. The summed E-state index contributed by atoms with van der Waals surface area (Å²) in [6, 6.07) is 18.7. The highest BCUT2D eigenvalue weighted by Crippen LogP contribution is 2.20. The lowest BCUT2D eigenvalue weighted by Crippen LogP contribution is -2.02. The molecule has 2 aromatic rings. The van der Waals surface area contributed by atoms with Crippen molar-refractivity contribution in [3.05, 3.63) is 54.6 Å². The maximum Gasteiger partial charge on any atom is 0.0447 e. The molecule has 0 aliphatic heterocycles. The van der Waals surface area contributed by atoms with Gasteiger partial charge >= 0.3 is 0 Å². The molecule has 0 unspecified atom stereocenters. The van der Waals surface area contributed by atoms with Gasteiger partial charge in [-0.1, -0.05) is 42.5 Å². The van der Waals surface area contributed by atoms with Gasteiger partial charge in [-0.15, -0.1) is 0 Å². The lowest BCUT2D eigenvalue weighted by atomic mass is 10.1. The van der Waals surface area contributed by atoms with Gasteiger partial charge < -0.3 is 10.4 Å². The zero-order valence-corrected chi connectivity index (χ0v) is 9.76. The largest absolute Gasteiger partial charge is 0.396 e. The molecular weight excluding hydrogens is 210 g/mol. The van der Waals surface area contributed by atoms with Crippen LogP contribution in [0.15, 0.2) is 54.6 Å². The van der Waals surface area contributed by atoms with Gasteiger partial charge in [-0.05, 0) is 29.7 Å². The van der Waals surface area contributed by atoms with E-state index in [0.29, 0.717) is 0 Å². The fourth-order valence-corrected chi connectivity index (χ4v) is 1.72. The molecule has 0 amide bonds. The summed E-state index contributed by atoms with van der Waals surface area (Å²) in [6.45, 7) is 1.04. The van der Waals surface area contributed by atoms with Crippen LogP contribution in [0, 0.1) is 0 Å². The Balaban J connectivity index is 2.03. The molecule has 2 rings (SSSR count). The second-order valence-corrected chi connectivity index (χ2v) is 3.95. The third kappa shape index (κ3) is 3.33. The summed E-state index contributed by atoms with van der Waals surface area (Å²) in [5, 5.41) is 12.0. The minimum atomic E-state index is 0.231. The molecule has 0 aliphatic rings. The van der Waals surface area contributed by atoms with Crippen LogP contribution < -0.4 is 5.32 Å². The van der Waals surface area contributed by atoms with Crippen LogP contribution in [0.5, 0.6) is 0 Å². The zero-order chi connectivity index (χ0) is 11.9. The SMILES string of the molecule is OCCCNc1ccc(-c2ccccc2)cc1. The molecule has 0 spiro atoms. The van der Waals surface area contributed by atoms with E-state index in [1.807, 2.05) is 18.2 Å². The van der Waals surface area contributed by atoms with Gasteiger partial charge in [0.2, 0.25) is 0 Å². The second-order valence-electron chi connectivity index (χ2n) is 3.95. The maximum absolute atomic E-state index is 8.70. The van der Waals surface area contributed by atoms with E-state index in [0.717, 1.165) is 18.7 Å². The summed E-state index contributed by atoms with van der Waals surface area (Å²) in [6.07, 6.45) is 0.778. The Kier molecular flexibility index (Phi) is 4.17. The Labute approximate surface area is 102 Å². The van der Waals surface area contributed by atoms with Crippen molar-refractivity contribution >= 4 is 5.69 Å². The van der Waals surface area contributed by atoms with E-state index in [4.69, 9.17) is 5.11 Å². The molecule has 0 aromatic heterocycles. The number of hydrogen-bond donors (Lipinski definition) is 2. The molecule has 0 atom stereocenters. The van der Waals surface area contributed by atoms with Crippen molar-refractivity contribution in [2.45, 2.75) is 6.42 Å². The molecule has 0 fully saturated rings. The molecule has 0 saturated heterocycles. The second kappa shape index (κ2) is 6.06. The molecule has 0 heterocycles. The lowest BCUT2D eigenvalue weighted by Gasteiger charge is -2.06. The highest BCUT2D eigenvalue weighted by atomic mass is 16.3. The predicted octanol–water partition coefficient (Wildman–Crippen LogP) is 3.15. The summed E-state index contributed by atoms with van der Waals surface area (Å²) in [4.78, 5) is 0. The average molecular weight is 227 g/mol. The van der Waals surface area contributed by atoms with Crippen LogP contribution in [0.25, 0.3) is 11.1 Å². The quantitative estimate of drug-likeness (QED) is 0.769. The van der Waals surface area contributed by atoms with E-state index in [1.54, 1.807) is 0 Å². The lowest BCUT2D eigenvalue weighted by molar-refractivity contribution is 0.292. The van der Waals surface area contributed by atoms with Crippen molar-refractivity contribution < 1.29 is 5.11 Å². The first-order chi connectivity index (χ1) is 8.40. The number of hydrogen-bond acceptors (Lipinski definition) is 2. The van der Waals surface area contributed by atoms with Gasteiger partial charge in [0.15, 0.2) is 0 Å². The fraction of sp³-hybridized carbons (Fsp3) is 0.200. The summed E-state index contributed by atoms with van der Waals surface area (Å²) >= 11 is 0. The van der Waals surface area contributed by atoms with Gasteiger partial charge in [0, 0.05) is 18.8 Å². The van der Waals surface area contributed by atoms with Crippen molar-refractivity contribution in [1.29, 1.82) is 0 Å². The number of rotatable bonds is 5. The van der Waals surface area contributed by atoms with Crippen LogP contribution >= 0.6 is 0 Å². The summed E-state index contributed by atoms with van der Waals surface area (Å²) < 4.78 is 0. The minimum absolute atomic E-state index is 0.231. The molecule has 2 nitrogen and oxygen atoms in total. The van der Waals surface area contributed by atoms with E-state index in [-0.39, 0.29) is 6.61 Å². The number of aliphatic hydroxyl groups is 1. The van der Waals surface area contributed by atoms with Crippen molar-refractivity contribution in [3.8, 4) is 11.1 Å². The number of aliphatic hydroxyl groups excluding tert-OH is 1. The molecule has 88 valence electrons. The first-order valence-corrected chi connectivity index (χ1v) is 5.90. The zero-order valence-electron chi connectivity index (χ0n) is 9.76. The van der Waals surface area contributed by atoms with Gasteiger partial charge in [0.05, 0.1) is 0 Å². The Morgan fingerprint density at radius 2 is 1.47 bits per heavy atom. The first-order valence-electron chi connectivity index (χ1n) is 5.90. The summed E-state index contributed by atoms with van der Waals surface area (Å²) in [7, 11) is 0. The summed E-state index contributed by atoms with van der Waals surface area (Å²) in [5.41, 5.74) is 3.55. The Morgan fingerprint density at radius 1 is 0.824 bits per heavy atom. The fourth-order valence-electron chi connectivity index (χ4n) is 1.72. The minimum Gasteiger partial charge on any atom is -0.396 e. The molecule has 0 aliphatic carbocycles. The number of nitrogens with one attached hydrogen (secondary N) is 1.